The smallest absolute Gasteiger partial charge is 0.270 e. The highest BCUT2D eigenvalue weighted by Gasteiger charge is 2.46. The van der Waals surface area contributed by atoms with E-state index in [1.54, 1.807) is 0 Å². The van der Waals surface area contributed by atoms with Gasteiger partial charge in [-0.25, -0.2) is 9.97 Å². The molecule has 0 saturated carbocycles. The first-order valence-electron chi connectivity index (χ1n) is 18.0. The lowest BCUT2D eigenvalue weighted by atomic mass is 9.34. The van der Waals surface area contributed by atoms with Crippen LogP contribution in [-0.4, -0.2) is 34.6 Å². The Morgan fingerprint density at radius 3 is 1.50 bits per heavy atom. The molecule has 0 spiro atoms. The zero-order valence-corrected chi connectivity index (χ0v) is 28.3. The molecule has 9 nitrogen and oxygen atoms in total. The van der Waals surface area contributed by atoms with Crippen molar-refractivity contribution < 1.29 is 14.2 Å². The van der Waals surface area contributed by atoms with Gasteiger partial charge in [-0.05, 0) is 72.8 Å². The van der Waals surface area contributed by atoms with Crippen LogP contribution in [0.3, 0.4) is 0 Å². The second-order valence-electron chi connectivity index (χ2n) is 14.2. The number of hydrogen-bond donors (Lipinski definition) is 0. The Kier molecular flexibility index (Phi) is 4.69. The van der Waals surface area contributed by atoms with Crippen molar-refractivity contribution in [2.45, 2.75) is 0 Å². The topological polar surface area (TPSA) is 72.2 Å². The van der Waals surface area contributed by atoms with Gasteiger partial charge >= 0.3 is 0 Å². The van der Waals surface area contributed by atoms with Crippen molar-refractivity contribution in [1.82, 2.24) is 27.9 Å². The Morgan fingerprint density at radius 2 is 0.870 bits per heavy atom. The van der Waals surface area contributed by atoms with Gasteiger partial charge in [-0.2, -0.15) is 0 Å². The second kappa shape index (κ2) is 9.31. The van der Waals surface area contributed by atoms with Crippen LogP contribution in [0.25, 0.3) is 67.1 Å². The third-order valence-electron chi connectivity index (χ3n) is 11.5. The first-order valence-corrected chi connectivity index (χ1v) is 18.0. The van der Waals surface area contributed by atoms with Crippen LogP contribution in [0.2, 0.25) is 0 Å². The molecule has 0 radical (unpaired) electrons. The maximum absolute atomic E-state index is 6.80. The van der Waals surface area contributed by atoms with E-state index in [2.05, 4.69) is 109 Å². The predicted octanol–water partition coefficient (Wildman–Crippen LogP) is 8.01. The van der Waals surface area contributed by atoms with E-state index < -0.39 is 0 Å². The van der Waals surface area contributed by atoms with Crippen molar-refractivity contribution in [3.05, 3.63) is 140 Å². The van der Waals surface area contributed by atoms with E-state index >= 15 is 0 Å². The number of aromatic nitrogens is 6. The summed E-state index contributed by atoms with van der Waals surface area (Å²) in [5.74, 6) is 6.34. The molecule has 0 fully saturated rings. The molecule has 0 amide bonds. The number of rotatable bonds is 2. The maximum Gasteiger partial charge on any atom is 0.270 e. The van der Waals surface area contributed by atoms with Crippen molar-refractivity contribution in [3.63, 3.8) is 0 Å². The number of fused-ring (bicyclic) bond motifs is 10. The van der Waals surface area contributed by atoms with Gasteiger partial charge in [0.25, 0.3) is 6.71 Å². The van der Waals surface area contributed by atoms with Crippen molar-refractivity contribution in [3.8, 4) is 45.9 Å². The van der Waals surface area contributed by atoms with Gasteiger partial charge in [0, 0.05) is 28.5 Å². The van der Waals surface area contributed by atoms with Crippen LogP contribution in [0, 0.1) is 0 Å². The van der Waals surface area contributed by atoms with Crippen LogP contribution < -0.4 is 30.6 Å². The molecule has 3 aliphatic rings. The third kappa shape index (κ3) is 3.16. The highest BCUT2D eigenvalue weighted by molar-refractivity contribution is 6.99. The molecule has 0 N–H and O–H groups in total. The minimum atomic E-state index is -0.0715. The Labute approximate surface area is 305 Å². The van der Waals surface area contributed by atoms with Gasteiger partial charge < -0.3 is 14.2 Å². The third-order valence-corrected chi connectivity index (χ3v) is 11.5. The molecular formula is C44H23BN6O3. The first kappa shape index (κ1) is 27.2. The van der Waals surface area contributed by atoms with Crippen LogP contribution in [0.4, 0.5) is 0 Å². The summed E-state index contributed by atoms with van der Waals surface area (Å²) in [5, 5.41) is 0. The summed E-state index contributed by atoms with van der Waals surface area (Å²) >= 11 is 0. The highest BCUT2D eigenvalue weighted by atomic mass is 16.5. The first-order chi connectivity index (χ1) is 26.8. The summed E-state index contributed by atoms with van der Waals surface area (Å²) in [6.07, 6.45) is 0. The normalized spacial score (nSPS) is 13.6. The zero-order valence-electron chi connectivity index (χ0n) is 28.3. The number of hydrogen-bond acceptors (Lipinski definition) is 5. The fourth-order valence-corrected chi connectivity index (χ4v) is 9.37. The molecule has 7 aromatic carbocycles. The van der Waals surface area contributed by atoms with E-state index in [4.69, 9.17) is 24.2 Å². The standard InChI is InChI=1S/C44H23BN6O3/c1-3-12-27-25(10-1)47-44-49(27)29-14-5-6-15-30(29)51(44)32-17-7-16-31-42(32)48(43-46-26-11-2-4-13-28(26)50(31)43)24-22-37-41-38(23-24)54-36-21-9-19-34-40(36)45(41)39-33(52-34)18-8-20-35(39)53-37/h1-23H. The molecule has 0 aliphatic carbocycles. The van der Waals surface area contributed by atoms with Crippen molar-refractivity contribution in [2.75, 3.05) is 0 Å². The lowest BCUT2D eigenvalue weighted by Crippen LogP contribution is -2.59. The van der Waals surface area contributed by atoms with Gasteiger partial charge in [-0.3, -0.25) is 17.9 Å². The summed E-state index contributed by atoms with van der Waals surface area (Å²) in [6, 6.07) is 48.0. The fourth-order valence-electron chi connectivity index (χ4n) is 9.37. The van der Waals surface area contributed by atoms with Crippen LogP contribution in [-0.2, 0) is 0 Å². The van der Waals surface area contributed by atoms with Gasteiger partial charge in [-0.15, -0.1) is 0 Å². The molecule has 10 heteroatoms. The van der Waals surface area contributed by atoms with Gasteiger partial charge in [0.1, 0.15) is 34.5 Å². The lowest BCUT2D eigenvalue weighted by Gasteiger charge is -2.37. The van der Waals surface area contributed by atoms with Crippen molar-refractivity contribution in [1.29, 1.82) is 0 Å². The average Bonchev–Trinajstić information content (AvgIpc) is 3.94. The summed E-state index contributed by atoms with van der Waals surface area (Å²) < 4.78 is 29.1. The van der Waals surface area contributed by atoms with Crippen molar-refractivity contribution in [2.24, 2.45) is 0 Å². The minimum absolute atomic E-state index is 0.0715. The van der Waals surface area contributed by atoms with E-state index in [9.17, 15) is 0 Å². The largest absolute Gasteiger partial charge is 0.458 e. The zero-order chi connectivity index (χ0) is 34.8. The molecule has 4 aromatic heterocycles. The molecule has 0 bridgehead atoms. The molecule has 14 rings (SSSR count). The van der Waals surface area contributed by atoms with E-state index in [0.717, 1.165) is 118 Å². The number of imidazole rings is 4. The number of ether oxygens (including phenoxy) is 3. The Morgan fingerprint density at radius 1 is 0.407 bits per heavy atom. The van der Waals surface area contributed by atoms with Crippen molar-refractivity contribution >= 4 is 78.8 Å². The molecule has 0 saturated heterocycles. The Balaban J connectivity index is 1.12. The number of para-hydroxylation sites is 7. The van der Waals surface area contributed by atoms with E-state index in [0.29, 0.717) is 0 Å². The van der Waals surface area contributed by atoms with Crippen LogP contribution in [0.5, 0.6) is 34.5 Å². The number of nitrogens with zero attached hydrogens (tertiary/aromatic N) is 6. The lowest BCUT2D eigenvalue weighted by molar-refractivity contribution is 0.442. The van der Waals surface area contributed by atoms with Crippen LogP contribution in [0.1, 0.15) is 0 Å². The summed E-state index contributed by atoms with van der Waals surface area (Å²) in [5.41, 5.74) is 13.0. The van der Waals surface area contributed by atoms with Gasteiger partial charge in [0.15, 0.2) is 0 Å². The van der Waals surface area contributed by atoms with Crippen LogP contribution >= 0.6 is 0 Å². The summed E-state index contributed by atoms with van der Waals surface area (Å²) in [4.78, 5) is 10.5. The van der Waals surface area contributed by atoms with E-state index in [1.165, 1.54) is 0 Å². The van der Waals surface area contributed by atoms with E-state index in [-0.39, 0.29) is 6.71 Å². The van der Waals surface area contributed by atoms with E-state index in [1.807, 2.05) is 48.5 Å². The summed E-state index contributed by atoms with van der Waals surface area (Å²) in [7, 11) is 0. The maximum atomic E-state index is 6.80. The highest BCUT2D eigenvalue weighted by Crippen LogP contribution is 2.44. The van der Waals surface area contributed by atoms with Gasteiger partial charge in [0.2, 0.25) is 11.6 Å². The molecule has 54 heavy (non-hydrogen) atoms. The molecule has 11 aromatic rings. The molecular weight excluding hydrogens is 671 g/mol. The second-order valence-corrected chi connectivity index (χ2v) is 14.2. The Hall–Kier alpha value is -7.46. The SMILES string of the molecule is c1cc2c3c(c1)Oc1cc(-n4c5c(-n6c7ccccc7n7c8ccccc8nc67)cccc5n5c6ccccc6nc45)cc4c1B3c1c(cccc1O4)O2. The molecule has 0 unspecified atom stereocenters. The molecule has 3 aliphatic heterocycles. The fraction of sp³-hybridized carbons (Fsp3) is 0. The van der Waals surface area contributed by atoms with Gasteiger partial charge in [-0.1, -0.05) is 54.6 Å². The average molecular weight is 695 g/mol. The Bertz CT molecular complexity index is 3440. The quantitative estimate of drug-likeness (QED) is 0.172. The van der Waals surface area contributed by atoms with Crippen LogP contribution in [0.15, 0.2) is 140 Å². The molecule has 7 heterocycles. The molecule has 0 atom stereocenters. The summed E-state index contributed by atoms with van der Waals surface area (Å²) in [6.45, 7) is -0.0715. The number of benzene rings is 7. The molecule has 250 valence electrons. The van der Waals surface area contributed by atoms with Gasteiger partial charge in [0.05, 0.1) is 55.5 Å². The predicted molar refractivity (Wildman–Crippen MR) is 210 cm³/mol. The minimum Gasteiger partial charge on any atom is -0.458 e. The monoisotopic (exact) mass is 694 g/mol.